The fourth-order valence-electron chi connectivity index (χ4n) is 4.60. The van der Waals surface area contributed by atoms with Gasteiger partial charge in [0.05, 0.1) is 5.52 Å². The lowest BCUT2D eigenvalue weighted by Gasteiger charge is -2.31. The Bertz CT molecular complexity index is 1350. The number of anilines is 1. The van der Waals surface area contributed by atoms with Gasteiger partial charge in [-0.2, -0.15) is 0 Å². The molecule has 0 unspecified atom stereocenters. The number of aromatic nitrogens is 2. The van der Waals surface area contributed by atoms with E-state index in [1.807, 2.05) is 18.2 Å². The predicted molar refractivity (Wildman–Crippen MR) is 122 cm³/mol. The Balaban J connectivity index is 1.69. The number of nitrogens with zero attached hydrogens (tertiary/aromatic N) is 1. The van der Waals surface area contributed by atoms with Gasteiger partial charge in [0, 0.05) is 33.2 Å². The summed E-state index contributed by atoms with van der Waals surface area (Å²) in [4.78, 5) is 32.9. The fraction of sp³-hybridized carbons (Fsp3) is 0.240. The Morgan fingerprint density at radius 2 is 1.84 bits per heavy atom. The number of aryl methyl sites for hydroxylation is 1. The average molecular weight is 412 g/mol. The molecule has 2 aromatic heterocycles. The lowest BCUT2D eigenvalue weighted by molar-refractivity contribution is 0.103. The van der Waals surface area contributed by atoms with Gasteiger partial charge in [-0.25, -0.2) is 9.78 Å². The molecule has 6 nitrogen and oxygen atoms in total. The molecule has 2 aromatic carbocycles. The molecular weight excluding hydrogens is 388 g/mol. The van der Waals surface area contributed by atoms with Crippen molar-refractivity contribution in [3.63, 3.8) is 0 Å². The molecule has 4 N–H and O–H groups in total. The number of benzene rings is 2. The number of fused-ring (bicyclic) bond motifs is 5. The highest BCUT2D eigenvalue weighted by Gasteiger charge is 2.31. The van der Waals surface area contributed by atoms with Crippen molar-refractivity contribution in [3.8, 4) is 0 Å². The molecule has 2 heterocycles. The van der Waals surface area contributed by atoms with Crippen LogP contribution in [-0.4, -0.2) is 21.8 Å². The van der Waals surface area contributed by atoms with E-state index >= 15 is 0 Å². The van der Waals surface area contributed by atoms with Crippen molar-refractivity contribution in [2.45, 2.75) is 33.1 Å². The van der Waals surface area contributed by atoms with E-state index in [0.717, 1.165) is 46.8 Å². The van der Waals surface area contributed by atoms with Gasteiger partial charge in [-0.1, -0.05) is 32.0 Å². The summed E-state index contributed by atoms with van der Waals surface area (Å²) in [5.74, 6) is -0.145. The Kier molecular flexibility index (Phi) is 4.32. The van der Waals surface area contributed by atoms with Gasteiger partial charge in [-0.15, -0.1) is 0 Å². The number of ketones is 1. The molecule has 0 saturated carbocycles. The van der Waals surface area contributed by atoms with Crippen LogP contribution >= 0.6 is 0 Å². The average Bonchev–Trinajstić information content (AvgIpc) is 3.11. The number of rotatable bonds is 3. The van der Waals surface area contributed by atoms with E-state index in [2.05, 4.69) is 30.2 Å². The van der Waals surface area contributed by atoms with Gasteiger partial charge < -0.3 is 16.0 Å². The molecule has 0 aliphatic heterocycles. The Morgan fingerprint density at radius 3 is 2.58 bits per heavy atom. The lowest BCUT2D eigenvalue weighted by atomic mass is 9.75. The molecule has 0 atom stereocenters. The van der Waals surface area contributed by atoms with Gasteiger partial charge >= 0.3 is 6.03 Å². The third kappa shape index (κ3) is 3.34. The number of amides is 2. The van der Waals surface area contributed by atoms with Gasteiger partial charge in [0.15, 0.2) is 0 Å². The van der Waals surface area contributed by atoms with Crippen LogP contribution in [0.5, 0.6) is 0 Å². The predicted octanol–water partition coefficient (Wildman–Crippen LogP) is 4.95. The normalized spacial score (nSPS) is 15.0. The van der Waals surface area contributed by atoms with Gasteiger partial charge in [0.25, 0.3) is 0 Å². The van der Waals surface area contributed by atoms with Crippen molar-refractivity contribution in [1.82, 2.24) is 9.97 Å². The summed E-state index contributed by atoms with van der Waals surface area (Å²) in [6.07, 6.45) is 2.90. The van der Waals surface area contributed by atoms with Crippen molar-refractivity contribution in [3.05, 3.63) is 71.0 Å². The smallest absolute Gasteiger partial charge is 0.316 e. The van der Waals surface area contributed by atoms with E-state index in [0.29, 0.717) is 16.9 Å². The van der Waals surface area contributed by atoms with Crippen molar-refractivity contribution in [2.75, 3.05) is 5.32 Å². The number of para-hydroxylation sites is 1. The Labute approximate surface area is 179 Å². The Morgan fingerprint density at radius 1 is 1.10 bits per heavy atom. The number of nitrogens with one attached hydrogen (secondary N) is 2. The first kappa shape index (κ1) is 19.3. The molecule has 0 spiro atoms. The van der Waals surface area contributed by atoms with Crippen LogP contribution in [0, 0.1) is 5.41 Å². The van der Waals surface area contributed by atoms with Crippen molar-refractivity contribution < 1.29 is 9.59 Å². The van der Waals surface area contributed by atoms with Crippen LogP contribution in [0.15, 0.2) is 48.5 Å². The fourth-order valence-corrected chi connectivity index (χ4v) is 4.60. The number of H-pyrrole nitrogens is 1. The van der Waals surface area contributed by atoms with E-state index in [4.69, 9.17) is 10.7 Å². The summed E-state index contributed by atoms with van der Waals surface area (Å²) in [6, 6.07) is 14.2. The molecule has 156 valence electrons. The number of urea groups is 1. The third-order valence-corrected chi connectivity index (χ3v) is 6.17. The monoisotopic (exact) mass is 412 g/mol. The third-order valence-electron chi connectivity index (χ3n) is 6.17. The van der Waals surface area contributed by atoms with Gasteiger partial charge in [0.2, 0.25) is 5.78 Å². The summed E-state index contributed by atoms with van der Waals surface area (Å²) in [5.41, 5.74) is 10.9. The molecule has 1 aliphatic rings. The Hall–Kier alpha value is -3.67. The zero-order chi connectivity index (χ0) is 21.8. The van der Waals surface area contributed by atoms with Gasteiger partial charge in [-0.05, 0) is 60.6 Å². The maximum atomic E-state index is 13.5. The van der Waals surface area contributed by atoms with E-state index in [-0.39, 0.29) is 11.2 Å². The minimum atomic E-state index is -0.641. The minimum Gasteiger partial charge on any atom is -0.353 e. The van der Waals surface area contributed by atoms with Crippen LogP contribution in [0.1, 0.15) is 47.6 Å². The number of aromatic amines is 1. The lowest BCUT2D eigenvalue weighted by Crippen LogP contribution is -2.24. The molecular formula is C25H24N4O2. The van der Waals surface area contributed by atoms with Crippen molar-refractivity contribution >= 4 is 39.3 Å². The molecule has 6 heteroatoms. The summed E-state index contributed by atoms with van der Waals surface area (Å²) >= 11 is 0. The number of pyridine rings is 1. The maximum absolute atomic E-state index is 13.5. The molecule has 2 amide bonds. The second kappa shape index (κ2) is 6.94. The van der Waals surface area contributed by atoms with Crippen LogP contribution in [0.2, 0.25) is 0 Å². The highest BCUT2D eigenvalue weighted by molar-refractivity contribution is 6.20. The summed E-state index contributed by atoms with van der Waals surface area (Å²) in [6.45, 7) is 4.51. The standard InChI is InChI=1S/C25H24N4O2/c1-25(2)12-11-17-19(13-25)29-22(21-20(17)16-5-3-4-6-18(16)28-21)23(30)14-7-9-15(10-8-14)27-24(26)31/h3-10,28H,11-13H2,1-2H3,(H3,26,27,31). The maximum Gasteiger partial charge on any atom is 0.316 e. The van der Waals surface area contributed by atoms with Crippen LogP contribution < -0.4 is 11.1 Å². The van der Waals surface area contributed by atoms with Gasteiger partial charge in [-0.3, -0.25) is 4.79 Å². The quantitative estimate of drug-likeness (QED) is 0.415. The molecule has 0 saturated heterocycles. The summed E-state index contributed by atoms with van der Waals surface area (Å²) < 4.78 is 0. The molecule has 0 bridgehead atoms. The first-order chi connectivity index (χ1) is 14.8. The SMILES string of the molecule is CC1(C)CCc2c(nc(C(=O)c3ccc(NC(N)=O)cc3)c3[nH]c4ccccc4c23)C1. The first-order valence-corrected chi connectivity index (χ1v) is 10.5. The molecule has 1 aliphatic carbocycles. The zero-order valence-corrected chi connectivity index (χ0v) is 17.6. The first-order valence-electron chi connectivity index (χ1n) is 10.5. The molecule has 0 fully saturated rings. The molecule has 31 heavy (non-hydrogen) atoms. The molecule has 5 rings (SSSR count). The molecule has 4 aromatic rings. The number of hydrogen-bond donors (Lipinski definition) is 3. The van der Waals surface area contributed by atoms with Crippen molar-refractivity contribution in [2.24, 2.45) is 11.1 Å². The highest BCUT2D eigenvalue weighted by Crippen LogP contribution is 2.40. The largest absolute Gasteiger partial charge is 0.353 e. The highest BCUT2D eigenvalue weighted by atomic mass is 16.2. The number of primary amides is 1. The minimum absolute atomic E-state index is 0.145. The van der Waals surface area contributed by atoms with Gasteiger partial charge in [0.1, 0.15) is 5.69 Å². The zero-order valence-electron chi connectivity index (χ0n) is 17.6. The number of carbonyl (C=O) groups excluding carboxylic acids is 2. The van der Waals surface area contributed by atoms with E-state index in [1.54, 1.807) is 24.3 Å². The van der Waals surface area contributed by atoms with Crippen LogP contribution in [0.4, 0.5) is 10.5 Å². The number of carbonyl (C=O) groups is 2. The van der Waals surface area contributed by atoms with Crippen molar-refractivity contribution in [1.29, 1.82) is 0 Å². The second-order valence-electron chi connectivity index (χ2n) is 9.04. The van der Waals surface area contributed by atoms with E-state index < -0.39 is 6.03 Å². The van der Waals surface area contributed by atoms with Crippen LogP contribution in [0.3, 0.4) is 0 Å². The summed E-state index contributed by atoms with van der Waals surface area (Å²) in [5, 5.41) is 4.76. The van der Waals surface area contributed by atoms with E-state index in [1.165, 1.54) is 5.56 Å². The topological polar surface area (TPSA) is 101 Å². The molecule has 0 radical (unpaired) electrons. The van der Waals surface area contributed by atoms with Crippen LogP contribution in [-0.2, 0) is 12.8 Å². The second-order valence-corrected chi connectivity index (χ2v) is 9.04. The van der Waals surface area contributed by atoms with E-state index in [9.17, 15) is 9.59 Å². The number of hydrogen-bond acceptors (Lipinski definition) is 3. The van der Waals surface area contributed by atoms with Crippen LogP contribution in [0.25, 0.3) is 21.8 Å². The summed E-state index contributed by atoms with van der Waals surface area (Å²) in [7, 11) is 0. The number of nitrogens with two attached hydrogens (primary N) is 1.